The third-order valence-electron chi connectivity index (χ3n) is 9.34. The van der Waals surface area contributed by atoms with Crippen LogP contribution in [0.1, 0.15) is 239 Å². The third kappa shape index (κ3) is 34.1. The van der Waals surface area contributed by atoms with Gasteiger partial charge in [-0.2, -0.15) is 0 Å². The van der Waals surface area contributed by atoms with Crippen LogP contribution in [0.5, 0.6) is 0 Å². The van der Waals surface area contributed by atoms with E-state index in [2.05, 4.69) is 20.8 Å². The number of hydrogen-bond donors (Lipinski definition) is 0. The van der Waals surface area contributed by atoms with E-state index in [4.69, 9.17) is 0 Å². The van der Waals surface area contributed by atoms with E-state index >= 15 is 0 Å². The molecule has 1 radical (unpaired) electrons. The lowest BCUT2D eigenvalue weighted by Gasteiger charge is -2.14. The highest BCUT2D eigenvalue weighted by molar-refractivity contribution is 4.62. The van der Waals surface area contributed by atoms with E-state index in [0.717, 1.165) is 12.3 Å². The van der Waals surface area contributed by atoms with Crippen molar-refractivity contribution >= 4 is 0 Å². The number of unbranched alkanes of at least 4 members (excludes halogenated alkanes) is 30. The molecule has 0 aliphatic heterocycles. The van der Waals surface area contributed by atoms with Crippen molar-refractivity contribution in [3.05, 3.63) is 6.92 Å². The predicted octanol–water partition coefficient (Wildman–Crippen LogP) is 15.1. The minimum absolute atomic E-state index is 0.906. The zero-order chi connectivity index (χ0) is 28.3. The van der Waals surface area contributed by atoms with E-state index in [1.54, 1.807) is 0 Å². The Morgan fingerprint density at radius 3 is 0.641 bits per heavy atom. The molecule has 0 bridgehead atoms. The SMILES string of the molecule is [CH2]CC(CCCCCCCCCCCCCCC)CCCCCCCCCCCCCCCCCCCCC. The van der Waals surface area contributed by atoms with Crippen LogP contribution in [0.4, 0.5) is 0 Å². The maximum Gasteiger partial charge on any atom is -0.0414 e. The smallest absolute Gasteiger partial charge is 0.0414 e. The molecule has 39 heavy (non-hydrogen) atoms. The average molecular weight is 548 g/mol. The normalized spacial score (nSPS) is 12.4. The maximum absolute atomic E-state index is 4.27. The van der Waals surface area contributed by atoms with E-state index in [1.165, 1.54) is 218 Å². The Kier molecular flexibility index (Phi) is 36.0. The van der Waals surface area contributed by atoms with Gasteiger partial charge in [-0.3, -0.25) is 0 Å². The Labute approximate surface area is 251 Å². The Hall–Kier alpha value is 0. The molecule has 0 amide bonds. The van der Waals surface area contributed by atoms with Gasteiger partial charge < -0.3 is 0 Å². The topological polar surface area (TPSA) is 0 Å². The first-order valence-corrected chi connectivity index (χ1v) is 19.1. The Balaban J connectivity index is 3.24. The van der Waals surface area contributed by atoms with E-state index < -0.39 is 0 Å². The molecular weight excluding hydrogens is 468 g/mol. The van der Waals surface area contributed by atoms with Crippen LogP contribution in [-0.4, -0.2) is 0 Å². The molecule has 0 aliphatic carbocycles. The molecule has 0 nitrogen and oxygen atoms in total. The average Bonchev–Trinajstić information content (AvgIpc) is 2.95. The van der Waals surface area contributed by atoms with Crippen molar-refractivity contribution in [2.45, 2.75) is 239 Å². The van der Waals surface area contributed by atoms with Crippen LogP contribution >= 0.6 is 0 Å². The van der Waals surface area contributed by atoms with Crippen LogP contribution in [-0.2, 0) is 0 Å². The summed E-state index contributed by atoms with van der Waals surface area (Å²) in [7, 11) is 0. The third-order valence-corrected chi connectivity index (χ3v) is 9.34. The first-order valence-electron chi connectivity index (χ1n) is 19.1. The monoisotopic (exact) mass is 548 g/mol. The lowest BCUT2D eigenvalue weighted by atomic mass is 9.92. The van der Waals surface area contributed by atoms with Crippen LogP contribution in [0.15, 0.2) is 0 Å². The lowest BCUT2D eigenvalue weighted by Crippen LogP contribution is -1.99. The zero-order valence-corrected chi connectivity index (χ0v) is 28.0. The highest BCUT2D eigenvalue weighted by atomic mass is 14.1. The molecule has 0 aromatic rings. The first-order chi connectivity index (χ1) is 19.3. The van der Waals surface area contributed by atoms with Crippen LogP contribution in [0, 0.1) is 12.8 Å². The summed E-state index contributed by atoms with van der Waals surface area (Å²) in [6, 6.07) is 0. The molecule has 0 aromatic heterocycles. The van der Waals surface area contributed by atoms with E-state index in [-0.39, 0.29) is 0 Å². The second-order valence-corrected chi connectivity index (χ2v) is 13.3. The van der Waals surface area contributed by atoms with Gasteiger partial charge in [-0.1, -0.05) is 245 Å². The first kappa shape index (κ1) is 39.0. The zero-order valence-electron chi connectivity index (χ0n) is 28.0. The molecule has 0 saturated heterocycles. The van der Waals surface area contributed by atoms with Crippen LogP contribution in [0.25, 0.3) is 0 Å². The molecule has 0 fully saturated rings. The summed E-state index contributed by atoms with van der Waals surface area (Å²) in [5.74, 6) is 0.906. The molecule has 0 saturated carbocycles. The summed E-state index contributed by atoms with van der Waals surface area (Å²) in [6.45, 7) is 8.88. The number of hydrogen-bond acceptors (Lipinski definition) is 0. The molecule has 1 atom stereocenters. The van der Waals surface area contributed by atoms with Gasteiger partial charge in [0.2, 0.25) is 0 Å². The van der Waals surface area contributed by atoms with Gasteiger partial charge in [-0.05, 0) is 5.92 Å². The molecular formula is C39H79. The Morgan fingerprint density at radius 2 is 0.462 bits per heavy atom. The predicted molar refractivity (Wildman–Crippen MR) is 182 cm³/mol. The van der Waals surface area contributed by atoms with Gasteiger partial charge in [0.15, 0.2) is 0 Å². The van der Waals surface area contributed by atoms with Crippen molar-refractivity contribution in [1.29, 1.82) is 0 Å². The van der Waals surface area contributed by atoms with E-state index in [0.29, 0.717) is 0 Å². The van der Waals surface area contributed by atoms with Crippen molar-refractivity contribution in [2.75, 3.05) is 0 Å². The fourth-order valence-corrected chi connectivity index (χ4v) is 6.40. The van der Waals surface area contributed by atoms with E-state index in [1.807, 2.05) is 0 Å². The summed E-state index contributed by atoms with van der Waals surface area (Å²) < 4.78 is 0. The van der Waals surface area contributed by atoms with Gasteiger partial charge in [0.1, 0.15) is 0 Å². The molecule has 0 aliphatic rings. The highest BCUT2D eigenvalue weighted by Gasteiger charge is 2.06. The van der Waals surface area contributed by atoms with Gasteiger partial charge in [-0.15, -0.1) is 0 Å². The molecule has 235 valence electrons. The molecule has 0 heteroatoms. The fourth-order valence-electron chi connectivity index (χ4n) is 6.40. The summed E-state index contributed by atoms with van der Waals surface area (Å²) in [6.07, 6.45) is 51.0. The molecule has 0 heterocycles. The highest BCUT2D eigenvalue weighted by Crippen LogP contribution is 2.22. The Bertz CT molecular complexity index is 399. The van der Waals surface area contributed by atoms with Crippen LogP contribution in [0.2, 0.25) is 0 Å². The maximum atomic E-state index is 4.27. The standard InChI is InChI=1S/C39H79/c1-4-7-9-11-13-15-17-19-20-21-22-23-24-26-28-30-32-34-36-38-39(6-3)37-35-33-31-29-27-25-18-16-14-12-10-8-5-2/h39H,3-38H2,1-2H3. The van der Waals surface area contributed by atoms with Crippen molar-refractivity contribution in [3.8, 4) is 0 Å². The number of rotatable bonds is 35. The van der Waals surface area contributed by atoms with Crippen molar-refractivity contribution in [3.63, 3.8) is 0 Å². The van der Waals surface area contributed by atoms with Crippen molar-refractivity contribution in [2.24, 2.45) is 5.92 Å². The molecule has 1 unspecified atom stereocenters. The van der Waals surface area contributed by atoms with Crippen molar-refractivity contribution < 1.29 is 0 Å². The van der Waals surface area contributed by atoms with E-state index in [9.17, 15) is 0 Å². The lowest BCUT2D eigenvalue weighted by molar-refractivity contribution is 0.404. The van der Waals surface area contributed by atoms with Crippen LogP contribution < -0.4 is 0 Å². The quantitative estimate of drug-likeness (QED) is 0.0692. The summed E-state index contributed by atoms with van der Waals surface area (Å²) in [5.41, 5.74) is 0. The van der Waals surface area contributed by atoms with Gasteiger partial charge in [0.25, 0.3) is 0 Å². The van der Waals surface area contributed by atoms with Gasteiger partial charge in [-0.25, -0.2) is 0 Å². The minimum atomic E-state index is 0.906. The molecule has 0 N–H and O–H groups in total. The second kappa shape index (κ2) is 36.0. The summed E-state index contributed by atoms with van der Waals surface area (Å²) >= 11 is 0. The van der Waals surface area contributed by atoms with Gasteiger partial charge in [0, 0.05) is 0 Å². The minimum Gasteiger partial charge on any atom is -0.0654 e. The molecule has 0 spiro atoms. The van der Waals surface area contributed by atoms with Gasteiger partial charge >= 0.3 is 0 Å². The summed E-state index contributed by atoms with van der Waals surface area (Å²) in [4.78, 5) is 0. The Morgan fingerprint density at radius 1 is 0.282 bits per heavy atom. The largest absolute Gasteiger partial charge is 0.0654 e. The van der Waals surface area contributed by atoms with Crippen molar-refractivity contribution in [1.82, 2.24) is 0 Å². The summed E-state index contributed by atoms with van der Waals surface area (Å²) in [5, 5.41) is 0. The second-order valence-electron chi connectivity index (χ2n) is 13.3. The van der Waals surface area contributed by atoms with Crippen LogP contribution in [0.3, 0.4) is 0 Å². The fraction of sp³-hybridized carbons (Fsp3) is 0.974. The molecule has 0 aromatic carbocycles. The van der Waals surface area contributed by atoms with Gasteiger partial charge in [0.05, 0.1) is 0 Å². The molecule has 0 rings (SSSR count).